The van der Waals surface area contributed by atoms with Crippen LogP contribution >= 0.6 is 0 Å². The zero-order valence-corrected chi connectivity index (χ0v) is 13.1. The first-order valence-corrected chi connectivity index (χ1v) is 8.01. The predicted octanol–water partition coefficient (Wildman–Crippen LogP) is 3.79. The number of piperidine rings is 1. The van der Waals surface area contributed by atoms with Gasteiger partial charge in [0.25, 0.3) is 0 Å². The number of H-pyrrole nitrogens is 1. The maximum Gasteiger partial charge on any atom is 0.147 e. The normalized spacial score (nSPS) is 16.2. The number of hydrogen-bond donors (Lipinski definition) is 1. The highest BCUT2D eigenvalue weighted by molar-refractivity contribution is 5.83. The molecule has 1 aliphatic heterocycles. The number of aromatic nitrogens is 3. The van der Waals surface area contributed by atoms with E-state index >= 15 is 0 Å². The first-order valence-electron chi connectivity index (χ1n) is 8.01. The molecule has 1 aromatic carbocycles. The largest absolute Gasteiger partial charge is 0.361 e. The van der Waals surface area contributed by atoms with E-state index in [1.807, 2.05) is 25.4 Å². The molecule has 2 aromatic heterocycles. The number of rotatable bonds is 2. The van der Waals surface area contributed by atoms with Crippen molar-refractivity contribution in [3.8, 4) is 0 Å². The maximum atomic E-state index is 13.3. The number of nitrogens with one attached hydrogen (secondary N) is 1. The Morgan fingerprint density at radius 3 is 2.83 bits per heavy atom. The van der Waals surface area contributed by atoms with Crippen molar-refractivity contribution in [3.63, 3.8) is 0 Å². The fraction of sp³-hybridized carbons (Fsp3) is 0.333. The van der Waals surface area contributed by atoms with E-state index in [9.17, 15) is 4.39 Å². The van der Waals surface area contributed by atoms with Gasteiger partial charge >= 0.3 is 0 Å². The monoisotopic (exact) mass is 310 g/mol. The molecule has 118 valence electrons. The maximum absolute atomic E-state index is 13.3. The molecule has 1 N–H and O–H groups in total. The number of benzene rings is 1. The number of aryl methyl sites for hydroxylation is 1. The van der Waals surface area contributed by atoms with Gasteiger partial charge in [-0.3, -0.25) is 4.98 Å². The van der Waals surface area contributed by atoms with Crippen LogP contribution in [0.5, 0.6) is 0 Å². The second-order valence-corrected chi connectivity index (χ2v) is 6.21. The van der Waals surface area contributed by atoms with Crippen molar-refractivity contribution in [1.29, 1.82) is 0 Å². The topological polar surface area (TPSA) is 44.8 Å². The molecule has 4 rings (SSSR count). The first kappa shape index (κ1) is 14.2. The van der Waals surface area contributed by atoms with E-state index in [2.05, 4.69) is 19.9 Å². The molecule has 0 amide bonds. The summed E-state index contributed by atoms with van der Waals surface area (Å²) in [5.74, 6) is 1.27. The molecule has 1 aliphatic rings. The van der Waals surface area contributed by atoms with Gasteiger partial charge in [0.15, 0.2) is 0 Å². The summed E-state index contributed by atoms with van der Waals surface area (Å²) < 4.78 is 13.3. The number of nitrogens with zero attached hydrogens (tertiary/aromatic N) is 3. The third-order valence-electron chi connectivity index (χ3n) is 4.68. The van der Waals surface area contributed by atoms with Crippen LogP contribution in [0.25, 0.3) is 10.9 Å². The van der Waals surface area contributed by atoms with Gasteiger partial charge < -0.3 is 9.88 Å². The standard InChI is InChI=1S/C18H19FN4/c1-12-9-20-11-18(22-12)23-6-4-13(5-7-23)16-10-21-17-8-14(19)2-3-15(16)17/h2-3,8-11,13,21H,4-7H2,1H3. The van der Waals surface area contributed by atoms with E-state index in [-0.39, 0.29) is 5.82 Å². The van der Waals surface area contributed by atoms with E-state index in [1.54, 1.807) is 12.3 Å². The third-order valence-corrected chi connectivity index (χ3v) is 4.68. The quantitative estimate of drug-likeness (QED) is 0.783. The summed E-state index contributed by atoms with van der Waals surface area (Å²) in [6, 6.07) is 4.99. The smallest absolute Gasteiger partial charge is 0.147 e. The minimum absolute atomic E-state index is 0.196. The van der Waals surface area contributed by atoms with Gasteiger partial charge in [-0.2, -0.15) is 0 Å². The molecule has 0 radical (unpaired) electrons. The summed E-state index contributed by atoms with van der Waals surface area (Å²) in [7, 11) is 0. The van der Waals surface area contributed by atoms with Gasteiger partial charge in [0.2, 0.25) is 0 Å². The zero-order valence-electron chi connectivity index (χ0n) is 13.1. The van der Waals surface area contributed by atoms with E-state index in [0.717, 1.165) is 48.3 Å². The minimum Gasteiger partial charge on any atom is -0.361 e. The van der Waals surface area contributed by atoms with Crippen molar-refractivity contribution < 1.29 is 4.39 Å². The van der Waals surface area contributed by atoms with Crippen molar-refractivity contribution in [3.05, 3.63) is 53.9 Å². The average Bonchev–Trinajstić information content (AvgIpc) is 2.98. The predicted molar refractivity (Wildman–Crippen MR) is 89.2 cm³/mol. The Balaban J connectivity index is 1.52. The Bertz CT molecular complexity index is 834. The molecular weight excluding hydrogens is 291 g/mol. The SMILES string of the molecule is Cc1cncc(N2CCC(c3c[nH]c4cc(F)ccc34)CC2)n1. The lowest BCUT2D eigenvalue weighted by Crippen LogP contribution is -2.33. The summed E-state index contributed by atoms with van der Waals surface area (Å²) in [5.41, 5.74) is 3.13. The second-order valence-electron chi connectivity index (χ2n) is 6.21. The highest BCUT2D eigenvalue weighted by Crippen LogP contribution is 2.34. The molecule has 0 saturated carbocycles. The van der Waals surface area contributed by atoms with E-state index < -0.39 is 0 Å². The summed E-state index contributed by atoms with van der Waals surface area (Å²) in [6.07, 6.45) is 7.79. The fourth-order valence-corrected chi connectivity index (χ4v) is 3.48. The molecule has 5 heteroatoms. The van der Waals surface area contributed by atoms with Gasteiger partial charge in [-0.25, -0.2) is 9.37 Å². The van der Waals surface area contributed by atoms with E-state index in [0.29, 0.717) is 5.92 Å². The Morgan fingerprint density at radius 2 is 2.04 bits per heavy atom. The fourth-order valence-electron chi connectivity index (χ4n) is 3.48. The Labute approximate surface area is 134 Å². The molecule has 23 heavy (non-hydrogen) atoms. The van der Waals surface area contributed by atoms with Crippen LogP contribution in [0.2, 0.25) is 0 Å². The van der Waals surface area contributed by atoms with Crippen LogP contribution in [-0.2, 0) is 0 Å². The molecule has 3 heterocycles. The zero-order chi connectivity index (χ0) is 15.8. The lowest BCUT2D eigenvalue weighted by atomic mass is 9.89. The number of hydrogen-bond acceptors (Lipinski definition) is 3. The Kier molecular flexibility index (Phi) is 3.48. The van der Waals surface area contributed by atoms with Crippen LogP contribution in [0, 0.1) is 12.7 Å². The summed E-state index contributed by atoms with van der Waals surface area (Å²) >= 11 is 0. The average molecular weight is 310 g/mol. The molecular formula is C18H19FN4. The van der Waals surface area contributed by atoms with Crippen LogP contribution in [0.15, 0.2) is 36.8 Å². The molecule has 0 atom stereocenters. The number of aromatic amines is 1. The van der Waals surface area contributed by atoms with Gasteiger partial charge in [-0.1, -0.05) is 0 Å². The van der Waals surface area contributed by atoms with Crippen molar-refractivity contribution in [2.45, 2.75) is 25.7 Å². The minimum atomic E-state index is -0.196. The lowest BCUT2D eigenvalue weighted by Gasteiger charge is -2.32. The highest BCUT2D eigenvalue weighted by Gasteiger charge is 2.23. The third kappa shape index (κ3) is 2.67. The number of fused-ring (bicyclic) bond motifs is 1. The van der Waals surface area contributed by atoms with Crippen LogP contribution in [0.4, 0.5) is 10.2 Å². The van der Waals surface area contributed by atoms with Gasteiger partial charge in [0.05, 0.1) is 11.9 Å². The Morgan fingerprint density at radius 1 is 1.22 bits per heavy atom. The molecule has 0 aliphatic carbocycles. The van der Waals surface area contributed by atoms with Gasteiger partial charge in [-0.15, -0.1) is 0 Å². The van der Waals surface area contributed by atoms with Gasteiger partial charge in [0, 0.05) is 36.4 Å². The molecule has 0 spiro atoms. The molecule has 1 fully saturated rings. The summed E-state index contributed by atoms with van der Waals surface area (Å²) in [5, 5.41) is 1.14. The summed E-state index contributed by atoms with van der Waals surface area (Å²) in [6.45, 7) is 3.90. The molecule has 1 saturated heterocycles. The van der Waals surface area contributed by atoms with Crippen LogP contribution < -0.4 is 4.90 Å². The first-order chi connectivity index (χ1) is 11.2. The van der Waals surface area contributed by atoms with Crippen LogP contribution in [-0.4, -0.2) is 28.0 Å². The van der Waals surface area contributed by atoms with Gasteiger partial charge in [-0.05, 0) is 49.4 Å². The van der Waals surface area contributed by atoms with Crippen molar-refractivity contribution in [1.82, 2.24) is 15.0 Å². The van der Waals surface area contributed by atoms with Crippen molar-refractivity contribution in [2.24, 2.45) is 0 Å². The van der Waals surface area contributed by atoms with Crippen LogP contribution in [0.3, 0.4) is 0 Å². The molecule has 0 bridgehead atoms. The molecule has 0 unspecified atom stereocenters. The van der Waals surface area contributed by atoms with Crippen molar-refractivity contribution >= 4 is 16.7 Å². The highest BCUT2D eigenvalue weighted by atomic mass is 19.1. The van der Waals surface area contributed by atoms with E-state index in [4.69, 9.17) is 0 Å². The second kappa shape index (κ2) is 5.65. The van der Waals surface area contributed by atoms with Crippen LogP contribution in [0.1, 0.15) is 30.0 Å². The lowest BCUT2D eigenvalue weighted by molar-refractivity contribution is 0.504. The number of anilines is 1. The van der Waals surface area contributed by atoms with E-state index in [1.165, 1.54) is 11.6 Å². The molecule has 3 aromatic rings. The van der Waals surface area contributed by atoms with Gasteiger partial charge in [0.1, 0.15) is 11.6 Å². The summed E-state index contributed by atoms with van der Waals surface area (Å²) in [4.78, 5) is 14.3. The van der Waals surface area contributed by atoms with Crippen molar-refractivity contribution in [2.75, 3.05) is 18.0 Å². The number of halogens is 1. The molecule has 4 nitrogen and oxygen atoms in total. The Hall–Kier alpha value is -2.43.